The van der Waals surface area contributed by atoms with Gasteiger partial charge in [-0.25, -0.2) is 0 Å². The molecule has 0 unspecified atom stereocenters. The van der Waals surface area contributed by atoms with Crippen molar-refractivity contribution in [2.75, 3.05) is 0 Å². The van der Waals surface area contributed by atoms with Crippen molar-refractivity contribution in [2.24, 2.45) is 0 Å². The Morgan fingerprint density at radius 3 is 2.20 bits per heavy atom. The molecule has 2 aromatic carbocycles. The topological polar surface area (TPSA) is 46.3 Å². The van der Waals surface area contributed by atoms with Crippen molar-refractivity contribution in [3.8, 4) is 39.5 Å². The van der Waals surface area contributed by atoms with Gasteiger partial charge < -0.3 is 9.63 Å². The van der Waals surface area contributed by atoms with Crippen LogP contribution in [0.5, 0.6) is 5.75 Å². The molecule has 0 saturated carbocycles. The molecule has 156 valence electrons. The quantitative estimate of drug-likeness (QED) is 0.370. The lowest BCUT2D eigenvalue weighted by atomic mass is 9.87. The zero-order valence-corrected chi connectivity index (χ0v) is 18.4. The van der Waals surface area contributed by atoms with E-state index in [9.17, 15) is 18.3 Å². The number of rotatable bonds is 2. The molecule has 0 spiro atoms. The van der Waals surface area contributed by atoms with E-state index in [1.807, 2.05) is 19.6 Å². The molecule has 3 aromatic rings. The third kappa shape index (κ3) is 4.44. The molecule has 0 radical (unpaired) electrons. The van der Waals surface area contributed by atoms with Crippen molar-refractivity contribution in [1.82, 2.24) is 5.16 Å². The molecule has 7 heteroatoms. The lowest BCUT2D eigenvalue weighted by molar-refractivity contribution is -0.137. The summed E-state index contributed by atoms with van der Waals surface area (Å²) in [4.78, 5) is 0. The van der Waals surface area contributed by atoms with Crippen LogP contribution < -0.4 is 0 Å². The zero-order chi connectivity index (χ0) is 22.3. The molecular weight excluding hydrogens is 407 g/mol. The van der Waals surface area contributed by atoms with Crippen LogP contribution in [-0.2, 0) is 6.18 Å². The maximum absolute atomic E-state index is 13.7. The first kappa shape index (κ1) is 21.7. The summed E-state index contributed by atoms with van der Waals surface area (Å²) in [5.41, 5.74) is 4.70. The van der Waals surface area contributed by atoms with Crippen molar-refractivity contribution in [2.45, 2.75) is 39.7 Å². The monoisotopic (exact) mass is 429 g/mol. The third-order valence-electron chi connectivity index (χ3n) is 4.52. The summed E-state index contributed by atoms with van der Waals surface area (Å²) >= 11 is 0. The Labute approximate surface area is 174 Å². The predicted molar refractivity (Wildman–Crippen MR) is 114 cm³/mol. The van der Waals surface area contributed by atoms with Gasteiger partial charge in [0.15, 0.2) is 0 Å². The summed E-state index contributed by atoms with van der Waals surface area (Å²) in [5.74, 6) is 3.35. The number of benzene rings is 2. The molecular formula is C23H22F3NO2Si. The SMILES string of the molecule is Cc1noc(C)c1-c1c(C#C[Si](C)(C)C)cc(C(F)(F)F)cc1-c1ccccc1O. The maximum Gasteiger partial charge on any atom is 0.416 e. The van der Waals surface area contributed by atoms with Gasteiger partial charge in [-0.1, -0.05) is 48.9 Å². The van der Waals surface area contributed by atoms with Gasteiger partial charge in [0.05, 0.1) is 11.3 Å². The maximum atomic E-state index is 13.7. The van der Waals surface area contributed by atoms with Crippen LogP contribution in [0.15, 0.2) is 40.9 Å². The fourth-order valence-corrected chi connectivity index (χ4v) is 3.69. The second kappa shape index (κ2) is 7.69. The minimum Gasteiger partial charge on any atom is -0.507 e. The molecule has 0 amide bonds. The summed E-state index contributed by atoms with van der Waals surface area (Å²) < 4.78 is 46.5. The number of aromatic nitrogens is 1. The lowest BCUT2D eigenvalue weighted by Gasteiger charge is -2.17. The minimum absolute atomic E-state index is 0.117. The molecule has 0 aliphatic heterocycles. The zero-order valence-electron chi connectivity index (χ0n) is 17.4. The van der Waals surface area contributed by atoms with Crippen molar-refractivity contribution in [3.05, 3.63) is 59.0 Å². The fraction of sp³-hybridized carbons (Fsp3) is 0.261. The van der Waals surface area contributed by atoms with E-state index < -0.39 is 19.8 Å². The van der Waals surface area contributed by atoms with E-state index in [1.165, 1.54) is 6.07 Å². The molecule has 0 bridgehead atoms. The smallest absolute Gasteiger partial charge is 0.416 e. The van der Waals surface area contributed by atoms with E-state index in [0.717, 1.165) is 12.1 Å². The van der Waals surface area contributed by atoms with Gasteiger partial charge in [-0.3, -0.25) is 0 Å². The fourth-order valence-electron chi connectivity index (χ4n) is 3.18. The number of aromatic hydroxyl groups is 1. The standard InChI is InChI=1S/C23H22F3NO2Si/c1-14-21(15(2)29-27-14)22-16(10-11-30(3,4)5)12-17(23(24,25)26)13-19(22)18-8-6-7-9-20(18)28/h6-9,12-13,28H,1-5H3. The molecule has 0 aliphatic carbocycles. The number of phenolic OH excluding ortho intramolecular Hbond substituents is 1. The van der Waals surface area contributed by atoms with Crippen LogP contribution >= 0.6 is 0 Å². The first-order valence-electron chi connectivity index (χ1n) is 9.38. The number of para-hydroxylation sites is 1. The van der Waals surface area contributed by atoms with Gasteiger partial charge in [0, 0.05) is 22.3 Å². The number of hydrogen-bond donors (Lipinski definition) is 1. The van der Waals surface area contributed by atoms with Gasteiger partial charge >= 0.3 is 6.18 Å². The Morgan fingerprint density at radius 1 is 1.00 bits per heavy atom. The largest absolute Gasteiger partial charge is 0.507 e. The summed E-state index contributed by atoms with van der Waals surface area (Å²) in [6, 6.07) is 8.43. The van der Waals surface area contributed by atoms with Crippen LogP contribution in [0.4, 0.5) is 13.2 Å². The van der Waals surface area contributed by atoms with Crippen LogP contribution in [-0.4, -0.2) is 18.3 Å². The molecule has 1 aromatic heterocycles. The van der Waals surface area contributed by atoms with Gasteiger partial charge in [0.25, 0.3) is 0 Å². The number of halogens is 3. The first-order valence-corrected chi connectivity index (χ1v) is 12.9. The van der Waals surface area contributed by atoms with Crippen LogP contribution in [0.25, 0.3) is 22.3 Å². The van der Waals surface area contributed by atoms with E-state index in [1.54, 1.807) is 32.0 Å². The molecule has 1 N–H and O–H groups in total. The number of aryl methyl sites for hydroxylation is 2. The van der Waals surface area contributed by atoms with Gasteiger partial charge in [-0.2, -0.15) is 13.2 Å². The van der Waals surface area contributed by atoms with E-state index >= 15 is 0 Å². The molecule has 0 aliphatic rings. The molecule has 0 atom stereocenters. The van der Waals surface area contributed by atoms with E-state index in [2.05, 4.69) is 16.6 Å². The Hall–Kier alpha value is -2.98. The molecule has 3 nitrogen and oxygen atoms in total. The summed E-state index contributed by atoms with van der Waals surface area (Å²) in [5, 5.41) is 14.4. The lowest BCUT2D eigenvalue weighted by Crippen LogP contribution is -2.16. The number of phenols is 1. The molecule has 1 heterocycles. The first-order chi connectivity index (χ1) is 13.9. The molecule has 0 fully saturated rings. The Balaban J connectivity index is 2.50. The average molecular weight is 430 g/mol. The van der Waals surface area contributed by atoms with Crippen molar-refractivity contribution in [1.29, 1.82) is 0 Å². The minimum atomic E-state index is -4.56. The average Bonchev–Trinajstić information content (AvgIpc) is 2.96. The highest BCUT2D eigenvalue weighted by Gasteiger charge is 2.33. The highest BCUT2D eigenvalue weighted by atomic mass is 28.3. The van der Waals surface area contributed by atoms with Crippen molar-refractivity contribution >= 4 is 8.07 Å². The van der Waals surface area contributed by atoms with Gasteiger partial charge in [0.1, 0.15) is 19.6 Å². The number of nitrogens with zero attached hydrogens (tertiary/aromatic N) is 1. The second-order valence-electron chi connectivity index (χ2n) is 8.16. The van der Waals surface area contributed by atoms with Gasteiger partial charge in [-0.05, 0) is 37.6 Å². The second-order valence-corrected chi connectivity index (χ2v) is 12.9. The number of hydrogen-bond acceptors (Lipinski definition) is 3. The summed E-state index contributed by atoms with van der Waals surface area (Å²) in [7, 11) is -1.88. The Bertz CT molecular complexity index is 1140. The summed E-state index contributed by atoms with van der Waals surface area (Å²) in [6.45, 7) is 9.50. The molecule has 0 saturated heterocycles. The van der Waals surface area contributed by atoms with E-state index in [0.29, 0.717) is 22.6 Å². The normalized spacial score (nSPS) is 11.9. The predicted octanol–water partition coefficient (Wildman–Crippen LogP) is 6.58. The van der Waals surface area contributed by atoms with Crippen molar-refractivity contribution < 1.29 is 22.8 Å². The van der Waals surface area contributed by atoms with Crippen LogP contribution in [0, 0.1) is 25.3 Å². The van der Waals surface area contributed by atoms with Crippen LogP contribution in [0.2, 0.25) is 19.6 Å². The van der Waals surface area contributed by atoms with Gasteiger partial charge in [0.2, 0.25) is 0 Å². The van der Waals surface area contributed by atoms with E-state index in [4.69, 9.17) is 4.52 Å². The van der Waals surface area contributed by atoms with Crippen LogP contribution in [0.3, 0.4) is 0 Å². The van der Waals surface area contributed by atoms with Gasteiger partial charge in [-0.15, -0.1) is 5.54 Å². The van der Waals surface area contributed by atoms with Crippen molar-refractivity contribution in [3.63, 3.8) is 0 Å². The third-order valence-corrected chi connectivity index (χ3v) is 5.39. The highest BCUT2D eigenvalue weighted by Crippen LogP contribution is 2.44. The summed E-state index contributed by atoms with van der Waals surface area (Å²) in [6.07, 6.45) is -4.56. The molecule has 30 heavy (non-hydrogen) atoms. The number of alkyl halides is 3. The molecule has 3 rings (SSSR count). The Morgan fingerprint density at radius 2 is 1.67 bits per heavy atom. The highest BCUT2D eigenvalue weighted by molar-refractivity contribution is 6.83. The van der Waals surface area contributed by atoms with E-state index in [-0.39, 0.29) is 22.4 Å². The Kier molecular flexibility index (Phi) is 5.57. The van der Waals surface area contributed by atoms with Crippen LogP contribution in [0.1, 0.15) is 22.6 Å².